The monoisotopic (exact) mass is 372 g/mol. The summed E-state index contributed by atoms with van der Waals surface area (Å²) in [4.78, 5) is 12.3. The standard InChI is InChI=1S/C22H20N4O2/c1-2-4-19-17(3-1)16(14-25-19)7-9-23-22-24-10-8-18(26-22)15-5-6-20-21(13-15)28-12-11-27-20/h1-6,8,10,13-14,25H,7,9,11-12H2,(H,23,24,26). The second kappa shape index (κ2) is 7.23. The normalized spacial score (nSPS) is 12.9. The number of benzene rings is 2. The van der Waals surface area contributed by atoms with Crippen LogP contribution >= 0.6 is 0 Å². The lowest BCUT2D eigenvalue weighted by atomic mass is 10.1. The number of rotatable bonds is 5. The number of para-hydroxylation sites is 1. The predicted molar refractivity (Wildman–Crippen MR) is 109 cm³/mol. The number of ether oxygens (including phenoxy) is 2. The van der Waals surface area contributed by atoms with Gasteiger partial charge in [-0.1, -0.05) is 18.2 Å². The molecule has 140 valence electrons. The van der Waals surface area contributed by atoms with Gasteiger partial charge in [-0.25, -0.2) is 9.97 Å². The van der Waals surface area contributed by atoms with Crippen molar-refractivity contribution in [3.05, 3.63) is 66.5 Å². The van der Waals surface area contributed by atoms with Gasteiger partial charge in [0.05, 0.1) is 5.69 Å². The quantitative estimate of drug-likeness (QED) is 0.553. The lowest BCUT2D eigenvalue weighted by Gasteiger charge is -2.18. The Bertz CT molecular complexity index is 1120. The molecule has 1 aliphatic rings. The van der Waals surface area contributed by atoms with Crippen molar-refractivity contribution in [2.45, 2.75) is 6.42 Å². The topological polar surface area (TPSA) is 72.1 Å². The lowest BCUT2D eigenvalue weighted by molar-refractivity contribution is 0.171. The van der Waals surface area contributed by atoms with Crippen LogP contribution in [0.3, 0.4) is 0 Å². The molecule has 0 radical (unpaired) electrons. The molecule has 0 aliphatic carbocycles. The van der Waals surface area contributed by atoms with Crippen molar-refractivity contribution in [1.29, 1.82) is 0 Å². The van der Waals surface area contributed by atoms with E-state index in [4.69, 9.17) is 9.47 Å². The third kappa shape index (κ3) is 3.24. The Morgan fingerprint density at radius 1 is 1.00 bits per heavy atom. The molecule has 0 atom stereocenters. The van der Waals surface area contributed by atoms with Gasteiger partial charge in [0.15, 0.2) is 11.5 Å². The van der Waals surface area contributed by atoms with Crippen LogP contribution in [0.25, 0.3) is 22.2 Å². The van der Waals surface area contributed by atoms with Crippen molar-refractivity contribution >= 4 is 16.9 Å². The number of H-pyrrole nitrogens is 1. The first kappa shape index (κ1) is 16.6. The molecule has 4 aromatic rings. The predicted octanol–water partition coefficient (Wildman–Crippen LogP) is 4.05. The van der Waals surface area contributed by atoms with Crippen molar-refractivity contribution in [3.63, 3.8) is 0 Å². The first-order valence-corrected chi connectivity index (χ1v) is 9.39. The number of nitrogens with zero attached hydrogens (tertiary/aromatic N) is 2. The van der Waals surface area contributed by atoms with Crippen LogP contribution in [0.2, 0.25) is 0 Å². The second-order valence-electron chi connectivity index (χ2n) is 6.66. The lowest BCUT2D eigenvalue weighted by Crippen LogP contribution is -2.15. The maximum absolute atomic E-state index is 5.67. The molecule has 2 aromatic carbocycles. The minimum absolute atomic E-state index is 0.570. The fourth-order valence-electron chi connectivity index (χ4n) is 3.45. The summed E-state index contributed by atoms with van der Waals surface area (Å²) in [7, 11) is 0. The Labute approximate surface area is 162 Å². The SMILES string of the molecule is c1ccc2c(CCNc3nccc(-c4ccc5c(c4)OCCO5)n3)c[nH]c2c1. The molecule has 0 fully saturated rings. The number of nitrogens with one attached hydrogen (secondary N) is 2. The van der Waals surface area contributed by atoms with E-state index in [1.807, 2.05) is 30.3 Å². The van der Waals surface area contributed by atoms with Crippen LogP contribution in [0.4, 0.5) is 5.95 Å². The summed E-state index contributed by atoms with van der Waals surface area (Å²) < 4.78 is 11.3. The average molecular weight is 372 g/mol. The van der Waals surface area contributed by atoms with E-state index >= 15 is 0 Å². The third-order valence-corrected chi connectivity index (χ3v) is 4.85. The van der Waals surface area contributed by atoms with Gasteiger partial charge >= 0.3 is 0 Å². The molecule has 3 heterocycles. The Kier molecular flexibility index (Phi) is 4.29. The van der Waals surface area contributed by atoms with Gasteiger partial charge in [-0.3, -0.25) is 0 Å². The zero-order valence-corrected chi connectivity index (χ0v) is 15.3. The van der Waals surface area contributed by atoms with Gasteiger partial charge in [0.2, 0.25) is 5.95 Å². The molecule has 28 heavy (non-hydrogen) atoms. The number of hydrogen-bond donors (Lipinski definition) is 2. The van der Waals surface area contributed by atoms with Crippen LogP contribution in [-0.2, 0) is 6.42 Å². The molecule has 0 saturated heterocycles. The van der Waals surface area contributed by atoms with E-state index in [0.29, 0.717) is 19.2 Å². The molecular formula is C22H20N4O2. The van der Waals surface area contributed by atoms with Crippen LogP contribution in [0.5, 0.6) is 11.5 Å². The van der Waals surface area contributed by atoms with Gasteiger partial charge in [0, 0.05) is 35.4 Å². The highest BCUT2D eigenvalue weighted by Gasteiger charge is 2.13. The molecule has 0 bridgehead atoms. The molecule has 6 nitrogen and oxygen atoms in total. The van der Waals surface area contributed by atoms with Gasteiger partial charge < -0.3 is 19.8 Å². The van der Waals surface area contributed by atoms with Gasteiger partial charge in [0.25, 0.3) is 0 Å². The summed E-state index contributed by atoms with van der Waals surface area (Å²) in [5.74, 6) is 2.16. The summed E-state index contributed by atoms with van der Waals surface area (Å²) in [5.41, 5.74) is 4.27. The number of aromatic nitrogens is 3. The first-order chi connectivity index (χ1) is 13.9. The summed E-state index contributed by atoms with van der Waals surface area (Å²) in [6.45, 7) is 1.91. The molecule has 2 aromatic heterocycles. The molecule has 1 aliphatic heterocycles. The number of anilines is 1. The Hall–Kier alpha value is -3.54. The van der Waals surface area contributed by atoms with Crippen molar-refractivity contribution in [1.82, 2.24) is 15.0 Å². The molecule has 0 saturated carbocycles. The van der Waals surface area contributed by atoms with E-state index in [2.05, 4.69) is 44.7 Å². The van der Waals surface area contributed by atoms with Crippen LogP contribution in [0.1, 0.15) is 5.56 Å². The van der Waals surface area contributed by atoms with E-state index < -0.39 is 0 Å². The molecule has 5 rings (SSSR count). The number of aromatic amines is 1. The second-order valence-corrected chi connectivity index (χ2v) is 6.66. The minimum atomic E-state index is 0.570. The number of fused-ring (bicyclic) bond motifs is 2. The van der Waals surface area contributed by atoms with Gasteiger partial charge in [-0.05, 0) is 42.3 Å². The summed E-state index contributed by atoms with van der Waals surface area (Å²) in [5, 5.41) is 4.59. The Balaban J connectivity index is 1.29. The zero-order chi connectivity index (χ0) is 18.8. The van der Waals surface area contributed by atoms with E-state index in [1.165, 1.54) is 10.9 Å². The minimum Gasteiger partial charge on any atom is -0.486 e. The molecule has 0 amide bonds. The maximum atomic E-state index is 5.67. The van der Waals surface area contributed by atoms with Crippen molar-refractivity contribution < 1.29 is 9.47 Å². The molecule has 0 spiro atoms. The van der Waals surface area contributed by atoms with E-state index in [1.54, 1.807) is 6.20 Å². The van der Waals surface area contributed by atoms with Crippen molar-refractivity contribution in [2.24, 2.45) is 0 Å². The third-order valence-electron chi connectivity index (χ3n) is 4.85. The van der Waals surface area contributed by atoms with Gasteiger partial charge in [-0.15, -0.1) is 0 Å². The smallest absolute Gasteiger partial charge is 0.223 e. The Morgan fingerprint density at radius 3 is 2.86 bits per heavy atom. The van der Waals surface area contributed by atoms with Crippen LogP contribution in [0.15, 0.2) is 60.9 Å². The van der Waals surface area contributed by atoms with E-state index in [0.717, 1.165) is 41.2 Å². The van der Waals surface area contributed by atoms with E-state index in [9.17, 15) is 0 Å². The molecule has 6 heteroatoms. The highest BCUT2D eigenvalue weighted by atomic mass is 16.6. The average Bonchev–Trinajstić information content (AvgIpc) is 3.17. The highest BCUT2D eigenvalue weighted by Crippen LogP contribution is 2.34. The van der Waals surface area contributed by atoms with Crippen LogP contribution in [0, 0.1) is 0 Å². The summed E-state index contributed by atoms with van der Waals surface area (Å²) in [6, 6.07) is 16.1. The Morgan fingerprint density at radius 2 is 1.89 bits per heavy atom. The number of hydrogen-bond acceptors (Lipinski definition) is 5. The summed E-state index contributed by atoms with van der Waals surface area (Å²) in [6.07, 6.45) is 4.73. The first-order valence-electron chi connectivity index (χ1n) is 9.39. The maximum Gasteiger partial charge on any atom is 0.223 e. The van der Waals surface area contributed by atoms with Crippen LogP contribution < -0.4 is 14.8 Å². The molecule has 2 N–H and O–H groups in total. The fourth-order valence-corrected chi connectivity index (χ4v) is 3.45. The van der Waals surface area contributed by atoms with Crippen LogP contribution in [-0.4, -0.2) is 34.7 Å². The molecular weight excluding hydrogens is 352 g/mol. The van der Waals surface area contributed by atoms with E-state index in [-0.39, 0.29) is 0 Å². The zero-order valence-electron chi connectivity index (χ0n) is 15.3. The fraction of sp³-hybridized carbons (Fsp3) is 0.182. The van der Waals surface area contributed by atoms with Gasteiger partial charge in [-0.2, -0.15) is 0 Å². The highest BCUT2D eigenvalue weighted by molar-refractivity contribution is 5.83. The van der Waals surface area contributed by atoms with Crippen molar-refractivity contribution in [2.75, 3.05) is 25.1 Å². The largest absolute Gasteiger partial charge is 0.486 e. The molecule has 0 unspecified atom stereocenters. The van der Waals surface area contributed by atoms with Crippen molar-refractivity contribution in [3.8, 4) is 22.8 Å². The summed E-state index contributed by atoms with van der Waals surface area (Å²) >= 11 is 0. The van der Waals surface area contributed by atoms with Gasteiger partial charge in [0.1, 0.15) is 13.2 Å².